The van der Waals surface area contributed by atoms with E-state index in [4.69, 9.17) is 9.15 Å². The average Bonchev–Trinajstić information content (AvgIpc) is 3.30. The monoisotopic (exact) mass is 460 g/mol. The van der Waals surface area contributed by atoms with Crippen LogP contribution in [-0.2, 0) is 11.2 Å². The van der Waals surface area contributed by atoms with Gasteiger partial charge in [-0.25, -0.2) is 9.18 Å². The molecule has 1 N–H and O–H groups in total. The Morgan fingerprint density at radius 1 is 1.24 bits per heavy atom. The molecule has 2 aliphatic carbocycles. The lowest BCUT2D eigenvalue weighted by Gasteiger charge is -2.42. The van der Waals surface area contributed by atoms with Gasteiger partial charge >= 0.3 is 6.09 Å². The molecule has 1 saturated carbocycles. The van der Waals surface area contributed by atoms with Crippen molar-refractivity contribution < 1.29 is 18.3 Å². The van der Waals surface area contributed by atoms with E-state index in [0.29, 0.717) is 18.4 Å². The first-order valence-electron chi connectivity index (χ1n) is 12.0. The van der Waals surface area contributed by atoms with Gasteiger partial charge in [-0.1, -0.05) is 24.3 Å². The molecule has 176 valence electrons. The maximum atomic E-state index is 13.5. The van der Waals surface area contributed by atoms with Crippen LogP contribution in [0.4, 0.5) is 9.18 Å². The summed E-state index contributed by atoms with van der Waals surface area (Å²) in [6.45, 7) is 2.20. The summed E-state index contributed by atoms with van der Waals surface area (Å²) in [6.07, 6.45) is 13.4. The van der Waals surface area contributed by atoms with Crippen LogP contribution in [0.2, 0.25) is 0 Å². The minimum absolute atomic E-state index is 0.149. The Labute approximate surface area is 199 Å². The molecule has 6 heteroatoms. The molecule has 5 nitrogen and oxygen atoms in total. The van der Waals surface area contributed by atoms with Crippen molar-refractivity contribution in [2.75, 3.05) is 6.61 Å². The number of hydrogen-bond acceptors (Lipinski definition) is 4. The second kappa shape index (κ2) is 9.84. The first-order valence-corrected chi connectivity index (χ1v) is 12.0. The number of nitrogens with one attached hydrogen (secondary N) is 1. The third-order valence-electron chi connectivity index (χ3n) is 7.14. The molecule has 0 unspecified atom stereocenters. The zero-order chi connectivity index (χ0) is 23.5. The van der Waals surface area contributed by atoms with E-state index in [9.17, 15) is 9.18 Å². The quantitative estimate of drug-likeness (QED) is 0.481. The van der Waals surface area contributed by atoms with E-state index in [-0.39, 0.29) is 23.9 Å². The van der Waals surface area contributed by atoms with Gasteiger partial charge in [0.15, 0.2) is 0 Å². The van der Waals surface area contributed by atoms with Crippen molar-refractivity contribution >= 4 is 12.2 Å². The Hall–Kier alpha value is -3.41. The second-order valence-corrected chi connectivity index (χ2v) is 9.22. The van der Waals surface area contributed by atoms with E-state index in [1.165, 1.54) is 23.3 Å². The van der Waals surface area contributed by atoms with Crippen LogP contribution in [0.5, 0.6) is 0 Å². The van der Waals surface area contributed by atoms with Gasteiger partial charge in [-0.2, -0.15) is 0 Å². The fourth-order valence-corrected chi connectivity index (χ4v) is 5.56. The predicted octanol–water partition coefficient (Wildman–Crippen LogP) is 6.36. The zero-order valence-electron chi connectivity index (χ0n) is 19.2. The summed E-state index contributed by atoms with van der Waals surface area (Å²) in [6, 6.07) is 10.6. The fourth-order valence-electron chi connectivity index (χ4n) is 5.56. The van der Waals surface area contributed by atoms with Crippen molar-refractivity contribution in [3.05, 3.63) is 83.8 Å². The Morgan fingerprint density at radius 3 is 2.94 bits per heavy atom. The first kappa shape index (κ1) is 22.4. The molecule has 0 spiro atoms. The van der Waals surface area contributed by atoms with Crippen LogP contribution in [0.3, 0.4) is 0 Å². The maximum Gasteiger partial charge on any atom is 0.407 e. The van der Waals surface area contributed by atoms with Gasteiger partial charge < -0.3 is 14.5 Å². The largest absolute Gasteiger partial charge is 0.472 e. The first-order chi connectivity index (χ1) is 16.6. The fraction of sp³-hybridized carbons (Fsp3) is 0.357. The molecular formula is C28H29FN2O3. The number of rotatable bonds is 5. The van der Waals surface area contributed by atoms with Crippen LogP contribution >= 0.6 is 0 Å². The number of aromatic nitrogens is 1. The number of amides is 1. The lowest BCUT2D eigenvalue weighted by Crippen LogP contribution is -2.43. The highest BCUT2D eigenvalue weighted by Crippen LogP contribution is 2.48. The number of alkyl carbamates (subject to hydrolysis) is 1. The molecule has 1 fully saturated rings. The number of pyridine rings is 1. The van der Waals surface area contributed by atoms with Gasteiger partial charge in [0.25, 0.3) is 0 Å². The number of carbonyl (C=O) groups excluding carboxylic acids is 1. The molecule has 2 heterocycles. The minimum Gasteiger partial charge on any atom is -0.472 e. The molecule has 0 aliphatic heterocycles. The summed E-state index contributed by atoms with van der Waals surface area (Å²) in [5.41, 5.74) is 5.08. The highest BCUT2D eigenvalue weighted by molar-refractivity contribution is 5.67. The molecular weight excluding hydrogens is 431 g/mol. The smallest absolute Gasteiger partial charge is 0.407 e. The van der Waals surface area contributed by atoms with Crippen LogP contribution in [0.1, 0.15) is 48.9 Å². The van der Waals surface area contributed by atoms with Gasteiger partial charge in [0.05, 0.1) is 24.8 Å². The molecule has 0 saturated heterocycles. The molecule has 0 bridgehead atoms. The topological polar surface area (TPSA) is 64.4 Å². The van der Waals surface area contributed by atoms with E-state index in [1.54, 1.807) is 12.3 Å². The lowest BCUT2D eigenvalue weighted by molar-refractivity contribution is 0.129. The van der Waals surface area contributed by atoms with Gasteiger partial charge in [-0.15, -0.1) is 0 Å². The summed E-state index contributed by atoms with van der Waals surface area (Å²) in [5.74, 6) is 0.967. The number of halogens is 1. The number of carbonyl (C=O) groups is 1. The SMILES string of the molecule is CCOC(=O)N[C@@H]1CC[C@@H]2[C@H](Cc3cocc3[C@H]2C=Cc2ccc(-c3cccc(F)c3)cn2)C1. The van der Waals surface area contributed by atoms with Crippen LogP contribution in [-0.4, -0.2) is 23.7 Å². The van der Waals surface area contributed by atoms with Gasteiger partial charge in [-0.05, 0) is 79.8 Å². The molecule has 3 aromatic rings. The number of hydrogen-bond donors (Lipinski definition) is 1. The molecule has 5 rings (SSSR count). The van der Waals surface area contributed by atoms with Gasteiger partial charge in [0, 0.05) is 29.3 Å². The Balaban J connectivity index is 1.32. The van der Waals surface area contributed by atoms with Crippen molar-refractivity contribution in [3.8, 4) is 11.1 Å². The van der Waals surface area contributed by atoms with Gasteiger partial charge in [0.2, 0.25) is 0 Å². The normalized spacial score (nSPS) is 23.8. The Bertz CT molecular complexity index is 1170. The highest BCUT2D eigenvalue weighted by atomic mass is 19.1. The Kier molecular flexibility index (Phi) is 6.48. The van der Waals surface area contributed by atoms with Gasteiger partial charge in [-0.3, -0.25) is 4.98 Å². The number of fused-ring (bicyclic) bond motifs is 2. The molecule has 0 radical (unpaired) electrons. The third kappa shape index (κ3) is 4.76. The molecule has 2 aliphatic rings. The number of allylic oxidation sites excluding steroid dienone is 1. The standard InChI is InChI=1S/C28H29FN2O3/c1-2-34-28(32)31-24-9-10-25-20(14-24)12-21-16-33-17-27(21)26(25)11-8-23-7-6-19(15-30-23)18-4-3-5-22(29)13-18/h3-8,11,13,15-17,20,24-26H,2,9-10,12,14H2,1H3,(H,31,32)/t20-,24-,25-,26+/m1/s1. The van der Waals surface area contributed by atoms with Crippen molar-refractivity contribution in [2.24, 2.45) is 11.8 Å². The second-order valence-electron chi connectivity index (χ2n) is 9.22. The van der Waals surface area contributed by atoms with E-state index in [0.717, 1.165) is 42.5 Å². The van der Waals surface area contributed by atoms with E-state index >= 15 is 0 Å². The zero-order valence-corrected chi connectivity index (χ0v) is 19.2. The number of furan rings is 1. The molecule has 1 amide bonds. The molecule has 34 heavy (non-hydrogen) atoms. The van der Waals surface area contributed by atoms with Crippen LogP contribution in [0, 0.1) is 17.7 Å². The van der Waals surface area contributed by atoms with Crippen molar-refractivity contribution in [1.29, 1.82) is 0 Å². The van der Waals surface area contributed by atoms with Crippen molar-refractivity contribution in [2.45, 2.75) is 44.6 Å². The summed E-state index contributed by atoms with van der Waals surface area (Å²) >= 11 is 0. The Morgan fingerprint density at radius 2 is 2.15 bits per heavy atom. The molecule has 4 atom stereocenters. The van der Waals surface area contributed by atoms with E-state index in [2.05, 4.69) is 22.5 Å². The summed E-state index contributed by atoms with van der Waals surface area (Å²) in [4.78, 5) is 16.5. The van der Waals surface area contributed by atoms with Crippen LogP contribution in [0.25, 0.3) is 17.2 Å². The summed E-state index contributed by atoms with van der Waals surface area (Å²) in [5, 5.41) is 3.03. The number of benzene rings is 1. The molecule has 2 aromatic heterocycles. The van der Waals surface area contributed by atoms with E-state index in [1.807, 2.05) is 37.6 Å². The summed E-state index contributed by atoms with van der Waals surface area (Å²) < 4.78 is 24.2. The predicted molar refractivity (Wildman–Crippen MR) is 129 cm³/mol. The van der Waals surface area contributed by atoms with Crippen LogP contribution in [0.15, 0.2) is 65.6 Å². The van der Waals surface area contributed by atoms with E-state index < -0.39 is 0 Å². The molecule has 1 aromatic carbocycles. The lowest BCUT2D eigenvalue weighted by atomic mass is 9.63. The number of ether oxygens (including phenoxy) is 1. The average molecular weight is 461 g/mol. The maximum absolute atomic E-state index is 13.5. The van der Waals surface area contributed by atoms with Crippen molar-refractivity contribution in [3.63, 3.8) is 0 Å². The van der Waals surface area contributed by atoms with Crippen molar-refractivity contribution in [1.82, 2.24) is 10.3 Å². The van der Waals surface area contributed by atoms with Crippen LogP contribution < -0.4 is 5.32 Å². The number of nitrogens with zero attached hydrogens (tertiary/aromatic N) is 1. The third-order valence-corrected chi connectivity index (χ3v) is 7.14. The highest BCUT2D eigenvalue weighted by Gasteiger charge is 2.40. The summed E-state index contributed by atoms with van der Waals surface area (Å²) in [7, 11) is 0. The van der Waals surface area contributed by atoms with Gasteiger partial charge in [0.1, 0.15) is 5.82 Å². The minimum atomic E-state index is -0.324.